The first-order valence-corrected chi connectivity index (χ1v) is 12.1. The standard InChI is InChI=1S/C29H29N3O4/c1-35-25-11-7-22(8-12-25)9-14-27(33)24-10-13-26-28(19-24)36-29(34)32(26)21-31-17-15-30(16-18-31)20-23-5-3-2-4-6-23/h2-14,19H,15-18,20-21H2,1H3/b14-9+. The second-order valence-corrected chi connectivity index (χ2v) is 8.97. The fraction of sp³-hybridized carbons (Fsp3) is 0.241. The predicted molar refractivity (Wildman–Crippen MR) is 140 cm³/mol. The van der Waals surface area contributed by atoms with Crippen LogP contribution in [0, 0.1) is 0 Å². The smallest absolute Gasteiger partial charge is 0.421 e. The van der Waals surface area contributed by atoms with Gasteiger partial charge in [-0.15, -0.1) is 0 Å². The number of fused-ring (bicyclic) bond motifs is 1. The molecule has 0 radical (unpaired) electrons. The molecular weight excluding hydrogens is 454 g/mol. The van der Waals surface area contributed by atoms with E-state index in [9.17, 15) is 9.59 Å². The third-order valence-electron chi connectivity index (χ3n) is 6.55. The number of piperazine rings is 1. The predicted octanol–water partition coefficient (Wildman–Crippen LogP) is 4.27. The summed E-state index contributed by atoms with van der Waals surface area (Å²) in [7, 11) is 1.61. The van der Waals surface area contributed by atoms with Crippen molar-refractivity contribution in [3.05, 3.63) is 106 Å². The normalized spacial score (nSPS) is 15.0. The zero-order valence-electron chi connectivity index (χ0n) is 20.3. The van der Waals surface area contributed by atoms with Crippen LogP contribution in [0.4, 0.5) is 0 Å². The molecule has 0 aliphatic carbocycles. The molecule has 36 heavy (non-hydrogen) atoms. The van der Waals surface area contributed by atoms with Gasteiger partial charge in [0.1, 0.15) is 5.75 Å². The third-order valence-corrected chi connectivity index (χ3v) is 6.55. The molecule has 1 fully saturated rings. The summed E-state index contributed by atoms with van der Waals surface area (Å²) in [5.74, 6) is 0.199. The van der Waals surface area contributed by atoms with E-state index < -0.39 is 5.76 Å². The minimum absolute atomic E-state index is 0.155. The number of aromatic nitrogens is 1. The Labute approximate surface area is 209 Å². The van der Waals surface area contributed by atoms with Gasteiger partial charge in [-0.3, -0.25) is 19.2 Å². The zero-order valence-corrected chi connectivity index (χ0v) is 20.3. The van der Waals surface area contributed by atoms with Crippen LogP contribution in [0.1, 0.15) is 21.5 Å². The minimum atomic E-state index is -0.407. The number of allylic oxidation sites excluding steroid dienone is 1. The second kappa shape index (κ2) is 10.8. The largest absolute Gasteiger partial charge is 0.497 e. The Balaban J connectivity index is 1.23. The second-order valence-electron chi connectivity index (χ2n) is 8.97. The van der Waals surface area contributed by atoms with Crippen LogP contribution in [0.5, 0.6) is 5.75 Å². The van der Waals surface area contributed by atoms with E-state index in [2.05, 4.69) is 34.1 Å². The summed E-state index contributed by atoms with van der Waals surface area (Å²) in [5.41, 5.74) is 3.80. The molecule has 0 atom stereocenters. The third kappa shape index (κ3) is 5.48. The number of carbonyl (C=O) groups is 1. The molecule has 7 heteroatoms. The number of nitrogens with zero attached hydrogens (tertiary/aromatic N) is 3. The molecule has 2 heterocycles. The molecule has 0 unspecified atom stereocenters. The number of rotatable bonds is 8. The van der Waals surface area contributed by atoms with Gasteiger partial charge in [0.25, 0.3) is 0 Å². The number of hydrogen-bond donors (Lipinski definition) is 0. The SMILES string of the molecule is COc1ccc(/C=C/C(=O)c2ccc3c(c2)oc(=O)n3CN2CCN(Cc3ccccc3)CC2)cc1. The van der Waals surface area contributed by atoms with Crippen LogP contribution in [-0.4, -0.2) is 53.4 Å². The summed E-state index contributed by atoms with van der Waals surface area (Å²) >= 11 is 0. The lowest BCUT2D eigenvalue weighted by Crippen LogP contribution is -2.47. The molecule has 5 rings (SSSR count). The van der Waals surface area contributed by atoms with Gasteiger partial charge in [-0.2, -0.15) is 0 Å². The van der Waals surface area contributed by atoms with E-state index in [0.717, 1.165) is 44.0 Å². The maximum atomic E-state index is 12.7. The summed E-state index contributed by atoms with van der Waals surface area (Å²) < 4.78 is 12.3. The van der Waals surface area contributed by atoms with Crippen LogP contribution in [0.3, 0.4) is 0 Å². The van der Waals surface area contributed by atoms with Gasteiger partial charge in [0.2, 0.25) is 0 Å². The highest BCUT2D eigenvalue weighted by Crippen LogP contribution is 2.18. The van der Waals surface area contributed by atoms with Gasteiger partial charge in [-0.1, -0.05) is 48.5 Å². The fourth-order valence-electron chi connectivity index (χ4n) is 4.47. The Kier molecular flexibility index (Phi) is 7.11. The molecular formula is C29H29N3O4. The number of ketones is 1. The Morgan fingerprint density at radius 1 is 0.944 bits per heavy atom. The van der Waals surface area contributed by atoms with E-state index in [1.54, 1.807) is 36.0 Å². The Bertz CT molecular complexity index is 1410. The molecule has 3 aromatic carbocycles. The molecule has 1 saturated heterocycles. The van der Waals surface area contributed by atoms with Crippen LogP contribution in [0.2, 0.25) is 0 Å². The van der Waals surface area contributed by atoms with Crippen molar-refractivity contribution in [2.75, 3.05) is 33.3 Å². The topological polar surface area (TPSA) is 67.9 Å². The van der Waals surface area contributed by atoms with Gasteiger partial charge in [0.05, 0.1) is 19.3 Å². The highest BCUT2D eigenvalue weighted by Gasteiger charge is 2.20. The van der Waals surface area contributed by atoms with Crippen molar-refractivity contribution in [1.82, 2.24) is 14.4 Å². The zero-order chi connectivity index (χ0) is 24.9. The van der Waals surface area contributed by atoms with Gasteiger partial charge in [-0.25, -0.2) is 4.79 Å². The van der Waals surface area contributed by atoms with Crippen molar-refractivity contribution < 1.29 is 13.9 Å². The van der Waals surface area contributed by atoms with Crippen molar-refractivity contribution in [3.8, 4) is 5.75 Å². The van der Waals surface area contributed by atoms with Crippen LogP contribution in [0.15, 0.2) is 88.1 Å². The number of ether oxygens (including phenoxy) is 1. The maximum Gasteiger partial charge on any atom is 0.421 e. The lowest BCUT2D eigenvalue weighted by Gasteiger charge is -2.34. The van der Waals surface area contributed by atoms with E-state index in [4.69, 9.17) is 9.15 Å². The van der Waals surface area contributed by atoms with Gasteiger partial charge in [0.15, 0.2) is 11.4 Å². The number of hydrogen-bond acceptors (Lipinski definition) is 6. The molecule has 0 bridgehead atoms. The lowest BCUT2D eigenvalue weighted by atomic mass is 10.1. The van der Waals surface area contributed by atoms with Gasteiger partial charge >= 0.3 is 5.76 Å². The van der Waals surface area contributed by atoms with Crippen LogP contribution in [-0.2, 0) is 13.2 Å². The highest BCUT2D eigenvalue weighted by atomic mass is 16.5. The fourth-order valence-corrected chi connectivity index (χ4v) is 4.47. The van der Waals surface area contributed by atoms with Gasteiger partial charge < -0.3 is 9.15 Å². The lowest BCUT2D eigenvalue weighted by molar-refractivity contribution is 0.102. The molecule has 7 nitrogen and oxygen atoms in total. The minimum Gasteiger partial charge on any atom is -0.497 e. The molecule has 0 spiro atoms. The number of benzene rings is 3. The summed E-state index contributed by atoms with van der Waals surface area (Å²) in [5, 5.41) is 0. The van der Waals surface area contributed by atoms with Crippen molar-refractivity contribution >= 4 is 23.0 Å². The molecule has 1 aromatic heterocycles. The summed E-state index contributed by atoms with van der Waals surface area (Å²) in [6.45, 7) is 5.04. The first-order chi connectivity index (χ1) is 17.6. The summed E-state index contributed by atoms with van der Waals surface area (Å²) in [6, 6.07) is 23.1. The first-order valence-electron chi connectivity index (χ1n) is 12.1. The monoisotopic (exact) mass is 483 g/mol. The van der Waals surface area contributed by atoms with E-state index in [1.165, 1.54) is 11.6 Å². The number of methoxy groups -OCH3 is 1. The first kappa shape index (κ1) is 23.8. The Morgan fingerprint density at radius 3 is 2.39 bits per heavy atom. The molecule has 0 amide bonds. The Hall–Kier alpha value is -3.94. The molecule has 1 aliphatic rings. The van der Waals surface area contributed by atoms with Crippen molar-refractivity contribution in [1.29, 1.82) is 0 Å². The average molecular weight is 484 g/mol. The Morgan fingerprint density at radius 2 is 1.67 bits per heavy atom. The molecule has 0 saturated carbocycles. The molecule has 0 N–H and O–H groups in total. The van der Waals surface area contributed by atoms with Crippen molar-refractivity contribution in [3.63, 3.8) is 0 Å². The van der Waals surface area contributed by atoms with E-state index in [1.807, 2.05) is 30.3 Å². The molecule has 1 aliphatic heterocycles. The van der Waals surface area contributed by atoms with Gasteiger partial charge in [-0.05, 0) is 47.5 Å². The van der Waals surface area contributed by atoms with Gasteiger partial charge in [0, 0.05) is 38.3 Å². The molecule has 184 valence electrons. The van der Waals surface area contributed by atoms with Crippen LogP contribution in [0.25, 0.3) is 17.2 Å². The summed E-state index contributed by atoms with van der Waals surface area (Å²) in [6.07, 6.45) is 3.28. The van der Waals surface area contributed by atoms with E-state index >= 15 is 0 Å². The highest BCUT2D eigenvalue weighted by molar-refractivity contribution is 6.08. The average Bonchev–Trinajstić information content (AvgIpc) is 3.23. The van der Waals surface area contributed by atoms with Crippen molar-refractivity contribution in [2.24, 2.45) is 0 Å². The maximum absolute atomic E-state index is 12.7. The number of carbonyl (C=O) groups excluding carboxylic acids is 1. The van der Waals surface area contributed by atoms with E-state index in [0.29, 0.717) is 23.3 Å². The van der Waals surface area contributed by atoms with Crippen LogP contribution < -0.4 is 10.5 Å². The van der Waals surface area contributed by atoms with E-state index in [-0.39, 0.29) is 5.78 Å². The quantitative estimate of drug-likeness (QED) is 0.275. The number of oxazole rings is 1. The van der Waals surface area contributed by atoms with Crippen molar-refractivity contribution in [2.45, 2.75) is 13.2 Å². The molecule has 4 aromatic rings. The summed E-state index contributed by atoms with van der Waals surface area (Å²) in [4.78, 5) is 30.0. The van der Waals surface area contributed by atoms with Crippen LogP contribution >= 0.6 is 0 Å².